The van der Waals surface area contributed by atoms with Gasteiger partial charge in [-0.05, 0) is 19.8 Å². The number of carbonyl (C=O) groups is 1. The minimum Gasteiger partial charge on any atom is -0.465 e. The van der Waals surface area contributed by atoms with Gasteiger partial charge in [-0.25, -0.2) is 0 Å². The fourth-order valence-corrected chi connectivity index (χ4v) is 1.12. The van der Waals surface area contributed by atoms with Gasteiger partial charge in [0.1, 0.15) is 5.54 Å². The molecule has 0 aromatic heterocycles. The molecule has 0 aliphatic heterocycles. The molecule has 1 aliphatic carbocycles. The minimum atomic E-state index is -4.29. The molecule has 0 aromatic carbocycles. The lowest BCUT2D eigenvalue weighted by Crippen LogP contribution is -2.45. The Labute approximate surface area is 79.6 Å². The van der Waals surface area contributed by atoms with Crippen LogP contribution in [0.25, 0.3) is 0 Å². The van der Waals surface area contributed by atoms with Crippen molar-refractivity contribution < 1.29 is 22.7 Å². The summed E-state index contributed by atoms with van der Waals surface area (Å²) in [4.78, 5) is 11.2. The highest BCUT2D eigenvalue weighted by Gasteiger charge is 2.52. The summed E-state index contributed by atoms with van der Waals surface area (Å²) in [7, 11) is 0. The molecule has 0 heterocycles. The molecular formula is C8H12F3NO2. The van der Waals surface area contributed by atoms with Gasteiger partial charge in [0.25, 0.3) is 0 Å². The number of hydrogen-bond donors (Lipinski definition) is 1. The van der Waals surface area contributed by atoms with Crippen molar-refractivity contribution in [3.8, 4) is 0 Å². The number of nitrogens with one attached hydrogen (secondary N) is 1. The lowest BCUT2D eigenvalue weighted by molar-refractivity contribution is -0.150. The van der Waals surface area contributed by atoms with Crippen molar-refractivity contribution in [1.82, 2.24) is 5.32 Å². The molecule has 0 bridgehead atoms. The Morgan fingerprint density at radius 3 is 2.43 bits per heavy atom. The first-order chi connectivity index (χ1) is 6.40. The van der Waals surface area contributed by atoms with E-state index in [1.165, 1.54) is 0 Å². The maximum absolute atomic E-state index is 11.8. The van der Waals surface area contributed by atoms with Crippen LogP contribution in [0.15, 0.2) is 0 Å². The van der Waals surface area contributed by atoms with Crippen molar-refractivity contribution in [2.24, 2.45) is 0 Å². The Morgan fingerprint density at radius 1 is 1.50 bits per heavy atom. The van der Waals surface area contributed by atoms with Crippen LogP contribution in [0.5, 0.6) is 0 Å². The SMILES string of the molecule is CCOC(=O)C1(NCC(F)(F)F)CC1. The second-order valence-corrected chi connectivity index (χ2v) is 3.27. The van der Waals surface area contributed by atoms with Gasteiger partial charge in [0, 0.05) is 0 Å². The molecule has 82 valence electrons. The van der Waals surface area contributed by atoms with Gasteiger partial charge < -0.3 is 4.74 Å². The van der Waals surface area contributed by atoms with Gasteiger partial charge in [-0.2, -0.15) is 13.2 Å². The summed E-state index contributed by atoms with van der Waals surface area (Å²) >= 11 is 0. The molecular weight excluding hydrogens is 199 g/mol. The average Bonchev–Trinajstić information content (AvgIpc) is 2.80. The number of hydrogen-bond acceptors (Lipinski definition) is 3. The van der Waals surface area contributed by atoms with Gasteiger partial charge in [0.2, 0.25) is 0 Å². The Balaban J connectivity index is 2.39. The van der Waals surface area contributed by atoms with E-state index in [2.05, 4.69) is 10.1 Å². The molecule has 0 spiro atoms. The van der Waals surface area contributed by atoms with E-state index in [1.54, 1.807) is 6.92 Å². The summed E-state index contributed by atoms with van der Waals surface area (Å²) < 4.78 is 40.2. The number of halogens is 3. The maximum atomic E-state index is 11.8. The molecule has 3 nitrogen and oxygen atoms in total. The standard InChI is InChI=1S/C8H12F3NO2/c1-2-14-6(13)7(3-4-7)12-5-8(9,10)11/h12H,2-5H2,1H3. The van der Waals surface area contributed by atoms with Crippen molar-refractivity contribution in [3.05, 3.63) is 0 Å². The molecule has 0 amide bonds. The first-order valence-electron chi connectivity index (χ1n) is 4.39. The predicted octanol–water partition coefficient (Wildman–Crippen LogP) is 1.23. The monoisotopic (exact) mass is 211 g/mol. The van der Waals surface area contributed by atoms with Gasteiger partial charge in [0.05, 0.1) is 13.2 Å². The highest BCUT2D eigenvalue weighted by molar-refractivity contribution is 5.84. The summed E-state index contributed by atoms with van der Waals surface area (Å²) in [5, 5.41) is 2.20. The van der Waals surface area contributed by atoms with Crippen LogP contribution in [0.4, 0.5) is 13.2 Å². The van der Waals surface area contributed by atoms with E-state index in [1.807, 2.05) is 0 Å². The molecule has 1 fully saturated rings. The van der Waals surface area contributed by atoms with Crippen molar-refractivity contribution >= 4 is 5.97 Å². The minimum absolute atomic E-state index is 0.189. The summed E-state index contributed by atoms with van der Waals surface area (Å²) in [6, 6.07) is 0. The highest BCUT2D eigenvalue weighted by Crippen LogP contribution is 2.37. The number of ether oxygens (including phenoxy) is 1. The average molecular weight is 211 g/mol. The van der Waals surface area contributed by atoms with Gasteiger partial charge in [-0.1, -0.05) is 0 Å². The molecule has 1 rings (SSSR count). The molecule has 0 unspecified atom stereocenters. The Bertz CT molecular complexity index is 223. The van der Waals surface area contributed by atoms with E-state index in [-0.39, 0.29) is 6.61 Å². The molecule has 0 aromatic rings. The molecule has 6 heteroatoms. The van der Waals surface area contributed by atoms with Crippen LogP contribution in [0.1, 0.15) is 19.8 Å². The largest absolute Gasteiger partial charge is 0.465 e. The molecule has 1 N–H and O–H groups in total. The summed E-state index contributed by atoms with van der Waals surface area (Å²) in [5.41, 5.74) is -1.06. The quantitative estimate of drug-likeness (QED) is 0.711. The Morgan fingerprint density at radius 2 is 2.07 bits per heavy atom. The third-order valence-electron chi connectivity index (χ3n) is 2.04. The third kappa shape index (κ3) is 2.87. The third-order valence-corrected chi connectivity index (χ3v) is 2.04. The van der Waals surface area contributed by atoms with Crippen LogP contribution in [-0.2, 0) is 9.53 Å². The number of alkyl halides is 3. The summed E-state index contributed by atoms with van der Waals surface area (Å²) in [5.74, 6) is -0.579. The molecule has 0 saturated heterocycles. The maximum Gasteiger partial charge on any atom is 0.401 e. The smallest absolute Gasteiger partial charge is 0.401 e. The second kappa shape index (κ2) is 3.76. The first kappa shape index (κ1) is 11.3. The van der Waals surface area contributed by atoms with Crippen LogP contribution in [-0.4, -0.2) is 30.8 Å². The normalized spacial score (nSPS) is 19.1. The fraction of sp³-hybridized carbons (Fsp3) is 0.875. The van der Waals surface area contributed by atoms with Crippen LogP contribution >= 0.6 is 0 Å². The number of rotatable bonds is 4. The second-order valence-electron chi connectivity index (χ2n) is 3.27. The Hall–Kier alpha value is -0.780. The van der Waals surface area contributed by atoms with Crippen molar-refractivity contribution in [3.63, 3.8) is 0 Å². The van der Waals surface area contributed by atoms with Gasteiger partial charge in [0.15, 0.2) is 0 Å². The Kier molecular flexibility index (Phi) is 3.04. The molecule has 1 aliphatic rings. The van der Waals surface area contributed by atoms with Crippen molar-refractivity contribution in [1.29, 1.82) is 0 Å². The fourth-order valence-electron chi connectivity index (χ4n) is 1.12. The predicted molar refractivity (Wildman–Crippen MR) is 42.7 cm³/mol. The molecule has 0 atom stereocenters. The van der Waals surface area contributed by atoms with E-state index >= 15 is 0 Å². The van der Waals surface area contributed by atoms with Crippen LogP contribution in [0.3, 0.4) is 0 Å². The van der Waals surface area contributed by atoms with Gasteiger partial charge in [-0.15, -0.1) is 0 Å². The molecule has 0 radical (unpaired) electrons. The first-order valence-corrected chi connectivity index (χ1v) is 4.39. The lowest BCUT2D eigenvalue weighted by Gasteiger charge is -2.16. The zero-order valence-corrected chi connectivity index (χ0v) is 7.78. The number of esters is 1. The zero-order valence-electron chi connectivity index (χ0n) is 7.78. The van der Waals surface area contributed by atoms with Gasteiger partial charge in [-0.3, -0.25) is 10.1 Å². The lowest BCUT2D eigenvalue weighted by atomic mass is 10.3. The van der Waals surface area contributed by atoms with E-state index < -0.39 is 24.2 Å². The molecule has 14 heavy (non-hydrogen) atoms. The van der Waals surface area contributed by atoms with Crippen LogP contribution < -0.4 is 5.32 Å². The van der Waals surface area contributed by atoms with Crippen LogP contribution in [0, 0.1) is 0 Å². The van der Waals surface area contributed by atoms with Crippen molar-refractivity contribution in [2.75, 3.05) is 13.2 Å². The zero-order chi connectivity index (χ0) is 10.8. The van der Waals surface area contributed by atoms with Crippen molar-refractivity contribution in [2.45, 2.75) is 31.5 Å². The summed E-state index contributed by atoms with van der Waals surface area (Å²) in [6.07, 6.45) is -3.45. The number of carbonyl (C=O) groups excluding carboxylic acids is 1. The van der Waals surface area contributed by atoms with Gasteiger partial charge >= 0.3 is 12.1 Å². The molecule has 1 saturated carbocycles. The van der Waals surface area contributed by atoms with E-state index in [0.717, 1.165) is 0 Å². The van der Waals surface area contributed by atoms with Crippen LogP contribution in [0.2, 0.25) is 0 Å². The summed E-state index contributed by atoms with van der Waals surface area (Å²) in [6.45, 7) is 0.665. The van der Waals surface area contributed by atoms with E-state index in [9.17, 15) is 18.0 Å². The van der Waals surface area contributed by atoms with E-state index in [4.69, 9.17) is 0 Å². The topological polar surface area (TPSA) is 38.3 Å². The highest BCUT2D eigenvalue weighted by atomic mass is 19.4. The van der Waals surface area contributed by atoms with E-state index in [0.29, 0.717) is 12.8 Å².